The standard InChI is InChI=1S/C13H19ClN2O/c1-10-12(14)4-3-5-13(10)16(2)9-11-8-15-6-7-17-11/h3-5,11,15H,6-9H2,1-2H3. The van der Waals surface area contributed by atoms with E-state index in [4.69, 9.17) is 16.3 Å². The van der Waals surface area contributed by atoms with Crippen LogP contribution in [-0.4, -0.2) is 39.4 Å². The molecular weight excluding hydrogens is 236 g/mol. The van der Waals surface area contributed by atoms with E-state index in [1.165, 1.54) is 5.69 Å². The Hall–Kier alpha value is -0.770. The van der Waals surface area contributed by atoms with Crippen LogP contribution in [-0.2, 0) is 4.74 Å². The van der Waals surface area contributed by atoms with Gasteiger partial charge in [0.05, 0.1) is 12.7 Å². The number of halogens is 1. The Bertz CT molecular complexity index is 378. The van der Waals surface area contributed by atoms with E-state index in [0.29, 0.717) is 0 Å². The fourth-order valence-electron chi connectivity index (χ4n) is 2.15. The van der Waals surface area contributed by atoms with Gasteiger partial charge in [-0.15, -0.1) is 0 Å². The molecule has 0 bridgehead atoms. The van der Waals surface area contributed by atoms with Crippen LogP contribution in [0.25, 0.3) is 0 Å². The van der Waals surface area contributed by atoms with Gasteiger partial charge >= 0.3 is 0 Å². The van der Waals surface area contributed by atoms with Crippen LogP contribution in [0.15, 0.2) is 18.2 Å². The first-order valence-corrected chi connectivity index (χ1v) is 6.35. The lowest BCUT2D eigenvalue weighted by molar-refractivity contribution is 0.0340. The zero-order valence-electron chi connectivity index (χ0n) is 10.4. The van der Waals surface area contributed by atoms with Gasteiger partial charge in [0, 0.05) is 37.4 Å². The minimum atomic E-state index is 0.257. The second-order valence-corrected chi connectivity index (χ2v) is 4.87. The minimum absolute atomic E-state index is 0.257. The fourth-order valence-corrected chi connectivity index (χ4v) is 2.32. The van der Waals surface area contributed by atoms with Crippen LogP contribution in [0.3, 0.4) is 0 Å². The molecule has 0 amide bonds. The Balaban J connectivity index is 2.03. The topological polar surface area (TPSA) is 24.5 Å². The van der Waals surface area contributed by atoms with Gasteiger partial charge in [-0.3, -0.25) is 0 Å². The summed E-state index contributed by atoms with van der Waals surface area (Å²) >= 11 is 6.13. The molecule has 0 aliphatic carbocycles. The Kier molecular flexibility index (Phi) is 4.26. The maximum Gasteiger partial charge on any atom is 0.0874 e. The Morgan fingerprint density at radius 3 is 3.06 bits per heavy atom. The molecule has 0 radical (unpaired) electrons. The molecule has 17 heavy (non-hydrogen) atoms. The zero-order valence-corrected chi connectivity index (χ0v) is 11.1. The molecule has 1 fully saturated rings. The number of ether oxygens (including phenoxy) is 1. The van der Waals surface area contributed by atoms with Crippen LogP contribution >= 0.6 is 11.6 Å². The molecule has 0 aromatic heterocycles. The number of rotatable bonds is 3. The molecule has 94 valence electrons. The first-order valence-electron chi connectivity index (χ1n) is 5.97. The molecule has 3 nitrogen and oxygen atoms in total. The molecule has 1 aromatic carbocycles. The third-order valence-corrected chi connectivity index (χ3v) is 3.54. The van der Waals surface area contributed by atoms with Crippen molar-refractivity contribution in [3.05, 3.63) is 28.8 Å². The highest BCUT2D eigenvalue weighted by atomic mass is 35.5. The maximum atomic E-state index is 6.13. The summed E-state index contributed by atoms with van der Waals surface area (Å²) in [6.45, 7) is 5.61. The zero-order chi connectivity index (χ0) is 12.3. The van der Waals surface area contributed by atoms with Crippen LogP contribution in [0.4, 0.5) is 5.69 Å². The molecule has 1 aliphatic heterocycles. The van der Waals surface area contributed by atoms with Crippen LogP contribution < -0.4 is 10.2 Å². The molecule has 1 N–H and O–H groups in total. The van der Waals surface area contributed by atoms with E-state index in [0.717, 1.165) is 36.8 Å². The number of morpholine rings is 1. The number of benzene rings is 1. The third-order valence-electron chi connectivity index (χ3n) is 3.13. The van der Waals surface area contributed by atoms with Crippen molar-refractivity contribution in [1.29, 1.82) is 0 Å². The molecule has 1 aromatic rings. The lowest BCUT2D eigenvalue weighted by Crippen LogP contribution is -2.44. The largest absolute Gasteiger partial charge is 0.374 e. The predicted molar refractivity (Wildman–Crippen MR) is 72.1 cm³/mol. The van der Waals surface area contributed by atoms with E-state index < -0.39 is 0 Å². The smallest absolute Gasteiger partial charge is 0.0874 e. The lowest BCUT2D eigenvalue weighted by Gasteiger charge is -2.30. The van der Waals surface area contributed by atoms with Crippen molar-refractivity contribution >= 4 is 17.3 Å². The van der Waals surface area contributed by atoms with Crippen LogP contribution in [0, 0.1) is 6.92 Å². The Morgan fingerprint density at radius 2 is 2.35 bits per heavy atom. The summed E-state index contributed by atoms with van der Waals surface area (Å²) < 4.78 is 5.70. The van der Waals surface area contributed by atoms with Crippen molar-refractivity contribution in [3.8, 4) is 0 Å². The van der Waals surface area contributed by atoms with Crippen molar-refractivity contribution in [3.63, 3.8) is 0 Å². The van der Waals surface area contributed by atoms with Gasteiger partial charge in [0.25, 0.3) is 0 Å². The van der Waals surface area contributed by atoms with Crippen molar-refractivity contribution in [2.45, 2.75) is 13.0 Å². The predicted octanol–water partition coefficient (Wildman–Crippen LogP) is 2.07. The maximum absolute atomic E-state index is 6.13. The number of nitrogens with zero attached hydrogens (tertiary/aromatic N) is 1. The van der Waals surface area contributed by atoms with Crippen molar-refractivity contribution in [2.24, 2.45) is 0 Å². The second kappa shape index (κ2) is 5.71. The van der Waals surface area contributed by atoms with E-state index in [9.17, 15) is 0 Å². The van der Waals surface area contributed by atoms with Gasteiger partial charge in [-0.25, -0.2) is 0 Å². The number of hydrogen-bond acceptors (Lipinski definition) is 3. The molecule has 4 heteroatoms. The first kappa shape index (κ1) is 12.7. The minimum Gasteiger partial charge on any atom is -0.374 e. The molecule has 1 atom stereocenters. The molecular formula is C13H19ClN2O. The lowest BCUT2D eigenvalue weighted by atomic mass is 10.1. The summed E-state index contributed by atoms with van der Waals surface area (Å²) in [5, 5.41) is 4.16. The van der Waals surface area contributed by atoms with Crippen LogP contribution in [0.5, 0.6) is 0 Å². The average Bonchev–Trinajstić information content (AvgIpc) is 2.34. The van der Waals surface area contributed by atoms with Gasteiger partial charge in [0.2, 0.25) is 0 Å². The number of nitrogens with one attached hydrogen (secondary N) is 1. The summed E-state index contributed by atoms with van der Waals surface area (Å²) in [6.07, 6.45) is 0.257. The van der Waals surface area contributed by atoms with Gasteiger partial charge in [0.15, 0.2) is 0 Å². The Labute approximate surface area is 108 Å². The molecule has 1 saturated heterocycles. The highest BCUT2D eigenvalue weighted by Crippen LogP contribution is 2.25. The average molecular weight is 255 g/mol. The number of likely N-dealkylation sites (N-methyl/N-ethyl adjacent to an activating group) is 1. The highest BCUT2D eigenvalue weighted by Gasteiger charge is 2.16. The normalized spacial score (nSPS) is 20.3. The Morgan fingerprint density at radius 1 is 1.53 bits per heavy atom. The summed E-state index contributed by atoms with van der Waals surface area (Å²) in [5.74, 6) is 0. The van der Waals surface area contributed by atoms with Crippen LogP contribution in [0.2, 0.25) is 5.02 Å². The van der Waals surface area contributed by atoms with E-state index in [1.807, 2.05) is 19.1 Å². The summed E-state index contributed by atoms with van der Waals surface area (Å²) in [6, 6.07) is 6.01. The van der Waals surface area contributed by atoms with Gasteiger partial charge in [-0.1, -0.05) is 17.7 Å². The molecule has 0 saturated carbocycles. The van der Waals surface area contributed by atoms with E-state index in [-0.39, 0.29) is 6.10 Å². The van der Waals surface area contributed by atoms with E-state index in [1.54, 1.807) is 0 Å². The summed E-state index contributed by atoms with van der Waals surface area (Å²) in [4.78, 5) is 2.21. The number of hydrogen-bond donors (Lipinski definition) is 1. The van der Waals surface area contributed by atoms with Crippen molar-refractivity contribution in [1.82, 2.24) is 5.32 Å². The second-order valence-electron chi connectivity index (χ2n) is 4.46. The monoisotopic (exact) mass is 254 g/mol. The quantitative estimate of drug-likeness (QED) is 0.894. The molecule has 1 heterocycles. The van der Waals surface area contributed by atoms with Crippen LogP contribution in [0.1, 0.15) is 5.56 Å². The molecule has 1 aliphatic rings. The number of anilines is 1. The van der Waals surface area contributed by atoms with Gasteiger partial charge in [0.1, 0.15) is 0 Å². The SMILES string of the molecule is Cc1c(Cl)cccc1N(C)CC1CNCCO1. The summed E-state index contributed by atoms with van der Waals surface area (Å²) in [7, 11) is 2.08. The molecule has 2 rings (SSSR count). The van der Waals surface area contributed by atoms with Gasteiger partial charge in [-0.2, -0.15) is 0 Å². The third kappa shape index (κ3) is 3.12. The van der Waals surface area contributed by atoms with Gasteiger partial charge in [-0.05, 0) is 24.6 Å². The van der Waals surface area contributed by atoms with E-state index in [2.05, 4.69) is 23.3 Å². The molecule has 0 spiro atoms. The molecule has 1 unspecified atom stereocenters. The van der Waals surface area contributed by atoms with Gasteiger partial charge < -0.3 is 15.0 Å². The highest BCUT2D eigenvalue weighted by molar-refractivity contribution is 6.31. The van der Waals surface area contributed by atoms with Crippen molar-refractivity contribution < 1.29 is 4.74 Å². The summed E-state index contributed by atoms with van der Waals surface area (Å²) in [5.41, 5.74) is 2.30. The van der Waals surface area contributed by atoms with E-state index >= 15 is 0 Å². The first-order chi connectivity index (χ1) is 8.18. The van der Waals surface area contributed by atoms with Crippen molar-refractivity contribution in [2.75, 3.05) is 38.2 Å². The fraction of sp³-hybridized carbons (Fsp3) is 0.538.